The molecule has 132 valence electrons. The van der Waals surface area contributed by atoms with Gasteiger partial charge in [-0.25, -0.2) is 10.0 Å². The highest BCUT2D eigenvalue weighted by Gasteiger charge is 2.61. The van der Waals surface area contributed by atoms with Gasteiger partial charge in [-0.1, -0.05) is 12.7 Å². The second-order valence-corrected chi connectivity index (χ2v) is 6.75. The number of fused-ring (bicyclic) bond motifs is 1. The fraction of sp³-hybridized carbons (Fsp3) is 0.625. The maximum absolute atomic E-state index is 9.81. The average molecular weight is 336 g/mol. The highest BCUT2D eigenvalue weighted by atomic mass is 16.8. The van der Waals surface area contributed by atoms with Gasteiger partial charge >= 0.3 is 0 Å². The Hall–Kier alpha value is -1.74. The van der Waals surface area contributed by atoms with Crippen molar-refractivity contribution in [2.45, 2.75) is 57.4 Å². The molecule has 0 bridgehead atoms. The molecule has 0 aromatic carbocycles. The van der Waals surface area contributed by atoms with Gasteiger partial charge in [0.1, 0.15) is 35.9 Å². The van der Waals surface area contributed by atoms with E-state index in [1.807, 2.05) is 20.8 Å². The van der Waals surface area contributed by atoms with Gasteiger partial charge < -0.3 is 25.1 Å². The van der Waals surface area contributed by atoms with Crippen LogP contribution in [0.2, 0.25) is 0 Å². The third-order valence-corrected chi connectivity index (χ3v) is 4.47. The molecule has 0 radical (unpaired) electrons. The first-order chi connectivity index (χ1) is 11.2. The van der Waals surface area contributed by atoms with E-state index < -0.39 is 29.7 Å². The van der Waals surface area contributed by atoms with E-state index in [2.05, 4.69) is 16.7 Å². The summed E-state index contributed by atoms with van der Waals surface area (Å²) in [7, 11) is 0. The van der Waals surface area contributed by atoms with Crippen LogP contribution in [-0.2, 0) is 14.2 Å². The lowest BCUT2D eigenvalue weighted by Gasteiger charge is -2.33. The molecule has 3 aliphatic heterocycles. The molecule has 0 aliphatic carbocycles. The smallest absolute Gasteiger partial charge is 0.164 e. The van der Waals surface area contributed by atoms with Crippen LogP contribution in [0.25, 0.3) is 0 Å². The van der Waals surface area contributed by atoms with Gasteiger partial charge in [0.15, 0.2) is 11.6 Å². The molecule has 0 aromatic rings. The molecule has 3 heterocycles. The zero-order valence-corrected chi connectivity index (χ0v) is 14.4. The SMILES string of the molecule is C=C([C@@H]1O[C@](C)(CO)[C@H]2OC(C)(C)O[C@@H]12)N1N=CN=C(N)/C1=C/C. The summed E-state index contributed by atoms with van der Waals surface area (Å²) < 4.78 is 18.0. The molecular formula is C16H24N4O4. The first-order valence-corrected chi connectivity index (χ1v) is 7.88. The van der Waals surface area contributed by atoms with Gasteiger partial charge in [-0.2, -0.15) is 5.10 Å². The van der Waals surface area contributed by atoms with Gasteiger partial charge in [0.25, 0.3) is 0 Å². The number of hydrogen-bond acceptors (Lipinski definition) is 8. The van der Waals surface area contributed by atoms with Crippen LogP contribution < -0.4 is 5.73 Å². The van der Waals surface area contributed by atoms with Crippen molar-refractivity contribution in [3.63, 3.8) is 0 Å². The monoisotopic (exact) mass is 336 g/mol. The molecule has 8 heteroatoms. The minimum absolute atomic E-state index is 0.194. The number of rotatable bonds is 3. The lowest BCUT2D eigenvalue weighted by atomic mass is 9.97. The summed E-state index contributed by atoms with van der Waals surface area (Å²) in [4.78, 5) is 3.99. The number of hydrazone groups is 1. The van der Waals surface area contributed by atoms with Crippen molar-refractivity contribution < 1.29 is 19.3 Å². The van der Waals surface area contributed by atoms with Gasteiger partial charge in [-0.3, -0.25) is 0 Å². The zero-order chi connectivity index (χ0) is 17.7. The van der Waals surface area contributed by atoms with Crippen LogP contribution in [0.15, 0.2) is 34.1 Å². The van der Waals surface area contributed by atoms with Crippen LogP contribution in [-0.4, -0.2) is 58.6 Å². The maximum Gasteiger partial charge on any atom is 0.164 e. The van der Waals surface area contributed by atoms with E-state index in [1.54, 1.807) is 18.0 Å². The number of aliphatic imine (C=N–C) groups is 1. The summed E-state index contributed by atoms with van der Waals surface area (Å²) in [5, 5.41) is 15.6. The number of amidine groups is 1. The summed E-state index contributed by atoms with van der Waals surface area (Å²) >= 11 is 0. The molecule has 4 atom stereocenters. The predicted octanol–water partition coefficient (Wildman–Crippen LogP) is 0.690. The number of allylic oxidation sites excluding steroid dienone is 1. The molecule has 0 saturated carbocycles. The quantitative estimate of drug-likeness (QED) is 0.786. The van der Waals surface area contributed by atoms with Crippen molar-refractivity contribution in [2.75, 3.05) is 6.61 Å². The number of aliphatic hydroxyl groups is 1. The molecule has 0 aromatic heterocycles. The Labute approximate surface area is 141 Å². The van der Waals surface area contributed by atoms with Crippen molar-refractivity contribution in [2.24, 2.45) is 15.8 Å². The first kappa shape index (κ1) is 17.1. The van der Waals surface area contributed by atoms with Gasteiger partial charge in [0.2, 0.25) is 0 Å². The van der Waals surface area contributed by atoms with Crippen LogP contribution in [0.3, 0.4) is 0 Å². The summed E-state index contributed by atoms with van der Waals surface area (Å²) in [5.41, 5.74) is 6.20. The van der Waals surface area contributed by atoms with E-state index in [4.69, 9.17) is 19.9 Å². The minimum Gasteiger partial charge on any atom is -0.393 e. The second kappa shape index (κ2) is 5.66. The summed E-state index contributed by atoms with van der Waals surface area (Å²) in [5.74, 6) is -0.416. The van der Waals surface area contributed by atoms with Crippen LogP contribution >= 0.6 is 0 Å². The van der Waals surface area contributed by atoms with Crippen molar-refractivity contribution in [1.82, 2.24) is 5.01 Å². The molecule has 0 spiro atoms. The van der Waals surface area contributed by atoms with Gasteiger partial charge in [-0.15, -0.1) is 0 Å². The molecule has 0 unspecified atom stereocenters. The van der Waals surface area contributed by atoms with Gasteiger partial charge in [0, 0.05) is 0 Å². The average Bonchev–Trinajstić information content (AvgIpc) is 2.99. The van der Waals surface area contributed by atoms with Crippen molar-refractivity contribution in [3.8, 4) is 0 Å². The summed E-state index contributed by atoms with van der Waals surface area (Å²) in [6, 6.07) is 0. The van der Waals surface area contributed by atoms with Gasteiger partial charge in [0.05, 0.1) is 12.3 Å². The molecule has 24 heavy (non-hydrogen) atoms. The molecule has 8 nitrogen and oxygen atoms in total. The fourth-order valence-electron chi connectivity index (χ4n) is 3.29. The Morgan fingerprint density at radius 2 is 2.12 bits per heavy atom. The van der Waals surface area contributed by atoms with Crippen LogP contribution in [0.5, 0.6) is 0 Å². The van der Waals surface area contributed by atoms with E-state index in [-0.39, 0.29) is 6.61 Å². The third kappa shape index (κ3) is 2.55. The third-order valence-electron chi connectivity index (χ3n) is 4.47. The lowest BCUT2D eigenvalue weighted by molar-refractivity contribution is -0.208. The molecule has 3 aliphatic rings. The molecule has 2 fully saturated rings. The standard InChI is InChI=1S/C16H24N4O4/c1-6-10-14(17)18-8-19-20(10)9(2)11-12-13(16(5,7-21)23-11)24-15(3,4)22-12/h6,8,11-13,21H,2,7H2,1,3-5H3,(H2,17,18,19)/b10-6-/t11-,12-,13-,16+/m0/s1. The summed E-state index contributed by atoms with van der Waals surface area (Å²) in [6.45, 7) is 11.2. The largest absolute Gasteiger partial charge is 0.393 e. The zero-order valence-electron chi connectivity index (χ0n) is 14.4. The molecular weight excluding hydrogens is 312 g/mol. The molecule has 0 amide bonds. The van der Waals surface area contributed by atoms with Gasteiger partial charge in [-0.05, 0) is 27.7 Å². The maximum atomic E-state index is 9.81. The van der Waals surface area contributed by atoms with Crippen LogP contribution in [0.1, 0.15) is 27.7 Å². The van der Waals surface area contributed by atoms with E-state index in [0.717, 1.165) is 0 Å². The van der Waals surface area contributed by atoms with Crippen LogP contribution in [0, 0.1) is 0 Å². The Kier molecular flexibility index (Phi) is 4.03. The van der Waals surface area contributed by atoms with Crippen LogP contribution in [0.4, 0.5) is 0 Å². The molecule has 2 saturated heterocycles. The fourth-order valence-corrected chi connectivity index (χ4v) is 3.29. The van der Waals surface area contributed by atoms with E-state index >= 15 is 0 Å². The summed E-state index contributed by atoms with van der Waals surface area (Å²) in [6.07, 6.45) is 1.81. The van der Waals surface area contributed by atoms with Crippen molar-refractivity contribution >= 4 is 12.2 Å². The second-order valence-electron chi connectivity index (χ2n) is 6.75. The molecule has 3 N–H and O–H groups in total. The number of nitrogens with two attached hydrogens (primary N) is 1. The topological polar surface area (TPSA) is 102 Å². The Morgan fingerprint density at radius 3 is 2.75 bits per heavy atom. The number of ether oxygens (including phenoxy) is 3. The van der Waals surface area contributed by atoms with E-state index in [0.29, 0.717) is 17.2 Å². The first-order valence-electron chi connectivity index (χ1n) is 7.88. The Morgan fingerprint density at radius 1 is 1.42 bits per heavy atom. The number of hydrogen-bond donors (Lipinski definition) is 2. The van der Waals surface area contributed by atoms with Crippen molar-refractivity contribution in [3.05, 3.63) is 24.0 Å². The normalized spacial score (nSPS) is 39.2. The van der Waals surface area contributed by atoms with E-state index in [9.17, 15) is 5.11 Å². The lowest BCUT2D eigenvalue weighted by Crippen LogP contribution is -2.43. The minimum atomic E-state index is -0.888. The predicted molar refractivity (Wildman–Crippen MR) is 89.0 cm³/mol. The Balaban J connectivity index is 1.90. The number of aliphatic hydroxyl groups excluding tert-OH is 1. The van der Waals surface area contributed by atoms with E-state index in [1.165, 1.54) is 6.34 Å². The molecule has 3 rings (SSSR count). The Bertz CT molecular complexity index is 642. The highest BCUT2D eigenvalue weighted by Crippen LogP contribution is 2.46. The van der Waals surface area contributed by atoms with Crippen molar-refractivity contribution in [1.29, 1.82) is 0 Å². The number of nitrogens with zero attached hydrogens (tertiary/aromatic N) is 3. The highest BCUT2D eigenvalue weighted by molar-refractivity contribution is 6.01.